The molecule has 1 fully saturated rings. The van der Waals surface area contributed by atoms with Crippen LogP contribution in [0.15, 0.2) is 12.2 Å². The number of hydrogen-bond acceptors (Lipinski definition) is 6. The van der Waals surface area contributed by atoms with Gasteiger partial charge in [-0.3, -0.25) is 4.90 Å². The summed E-state index contributed by atoms with van der Waals surface area (Å²) in [7, 11) is 0. The average molecular weight is 399 g/mol. The van der Waals surface area contributed by atoms with E-state index in [0.717, 1.165) is 0 Å². The number of carbonyl (C=O) groups excluding carboxylic acids is 3. The van der Waals surface area contributed by atoms with Crippen LogP contribution in [-0.2, 0) is 19.0 Å². The molecule has 0 saturated carbocycles. The van der Waals surface area contributed by atoms with Crippen LogP contribution in [0, 0.1) is 0 Å². The summed E-state index contributed by atoms with van der Waals surface area (Å²) >= 11 is 0. The Labute approximate surface area is 167 Å². The van der Waals surface area contributed by atoms with Crippen molar-refractivity contribution in [1.29, 1.82) is 0 Å². The lowest BCUT2D eigenvalue weighted by atomic mass is 9.96. The molecule has 0 aliphatic carbocycles. The first-order valence-electron chi connectivity index (χ1n) is 9.51. The van der Waals surface area contributed by atoms with Gasteiger partial charge in [-0.05, 0) is 55.4 Å². The van der Waals surface area contributed by atoms with Crippen LogP contribution in [0.3, 0.4) is 0 Å². The number of rotatable bonds is 3. The van der Waals surface area contributed by atoms with Crippen LogP contribution in [0.5, 0.6) is 0 Å². The Balaban J connectivity index is 3.09. The van der Waals surface area contributed by atoms with Crippen molar-refractivity contribution < 1.29 is 28.6 Å². The highest BCUT2D eigenvalue weighted by molar-refractivity contribution is 5.82. The Morgan fingerprint density at radius 3 is 2.00 bits per heavy atom. The summed E-state index contributed by atoms with van der Waals surface area (Å²) in [5.41, 5.74) is -2.24. The molecular weight excluding hydrogens is 364 g/mol. The molecule has 1 saturated heterocycles. The van der Waals surface area contributed by atoms with Crippen molar-refractivity contribution in [2.75, 3.05) is 26.2 Å². The van der Waals surface area contributed by atoms with Gasteiger partial charge >= 0.3 is 18.2 Å². The van der Waals surface area contributed by atoms with Gasteiger partial charge in [-0.25, -0.2) is 14.4 Å². The van der Waals surface area contributed by atoms with Crippen LogP contribution in [0.25, 0.3) is 0 Å². The summed E-state index contributed by atoms with van der Waals surface area (Å²) in [6, 6.07) is 0. The van der Waals surface area contributed by atoms with E-state index in [1.165, 1.54) is 15.9 Å². The Morgan fingerprint density at radius 2 is 1.50 bits per heavy atom. The summed E-state index contributed by atoms with van der Waals surface area (Å²) in [5.74, 6) is -0.512. The van der Waals surface area contributed by atoms with Gasteiger partial charge in [-0.1, -0.05) is 6.08 Å². The predicted octanol–water partition coefficient (Wildman–Crippen LogP) is 3.35. The highest BCUT2D eigenvalue weighted by Gasteiger charge is 2.43. The molecule has 0 N–H and O–H groups in total. The van der Waals surface area contributed by atoms with E-state index < -0.39 is 34.9 Å². The van der Waals surface area contributed by atoms with E-state index in [4.69, 9.17) is 14.2 Å². The van der Waals surface area contributed by atoms with E-state index in [1.807, 2.05) is 0 Å². The molecular formula is C20H34N2O6. The van der Waals surface area contributed by atoms with Crippen molar-refractivity contribution in [3.63, 3.8) is 0 Å². The van der Waals surface area contributed by atoms with Crippen molar-refractivity contribution >= 4 is 18.2 Å². The molecule has 2 amide bonds. The fourth-order valence-electron chi connectivity index (χ4n) is 2.71. The third-order valence-corrected chi connectivity index (χ3v) is 3.85. The molecule has 160 valence electrons. The maximum Gasteiger partial charge on any atom is 0.411 e. The fourth-order valence-corrected chi connectivity index (χ4v) is 2.71. The highest BCUT2D eigenvalue weighted by atomic mass is 16.6. The van der Waals surface area contributed by atoms with Gasteiger partial charge in [0, 0.05) is 19.2 Å². The lowest BCUT2D eigenvalue weighted by Gasteiger charge is -2.47. The monoisotopic (exact) mass is 398 g/mol. The lowest BCUT2D eigenvalue weighted by molar-refractivity contribution is -0.137. The highest BCUT2D eigenvalue weighted by Crippen LogP contribution is 2.27. The van der Waals surface area contributed by atoms with Crippen LogP contribution in [-0.4, -0.2) is 70.9 Å². The molecule has 1 atom stereocenters. The van der Waals surface area contributed by atoms with E-state index in [1.54, 1.807) is 61.5 Å². The molecule has 1 heterocycles. The van der Waals surface area contributed by atoms with Gasteiger partial charge in [0.1, 0.15) is 11.2 Å². The number of piperazine rings is 1. The zero-order chi connectivity index (χ0) is 21.8. The van der Waals surface area contributed by atoms with Gasteiger partial charge in [-0.2, -0.15) is 0 Å². The zero-order valence-electron chi connectivity index (χ0n) is 18.3. The average Bonchev–Trinajstić information content (AvgIpc) is 2.49. The van der Waals surface area contributed by atoms with Gasteiger partial charge < -0.3 is 19.1 Å². The largest absolute Gasteiger partial charge is 0.463 e. The normalized spacial score (nSPS) is 20.9. The van der Waals surface area contributed by atoms with Gasteiger partial charge in [0.25, 0.3) is 0 Å². The second-order valence-corrected chi connectivity index (χ2v) is 8.98. The molecule has 1 aliphatic heterocycles. The molecule has 1 aliphatic rings. The standard InChI is InChI=1S/C20H34N2O6/c1-9-26-15(23)10-11-20(8)14-21(16(24)27-18(2,3)4)12-13-22(20)17(25)28-19(5,6)7/h10-11H,9,12-14H2,1-8H3. The first-order chi connectivity index (χ1) is 12.7. The maximum atomic E-state index is 12.7. The summed E-state index contributed by atoms with van der Waals surface area (Å²) in [4.78, 5) is 40.1. The summed E-state index contributed by atoms with van der Waals surface area (Å²) < 4.78 is 15.9. The maximum absolute atomic E-state index is 12.7. The van der Waals surface area contributed by atoms with Gasteiger partial charge in [0.15, 0.2) is 0 Å². The number of amides is 2. The minimum Gasteiger partial charge on any atom is -0.463 e. The Hall–Kier alpha value is -2.25. The van der Waals surface area contributed by atoms with Crippen molar-refractivity contribution in [3.8, 4) is 0 Å². The molecule has 0 aromatic heterocycles. The topological polar surface area (TPSA) is 85.4 Å². The van der Waals surface area contributed by atoms with Crippen LogP contribution in [0.2, 0.25) is 0 Å². The van der Waals surface area contributed by atoms with Crippen LogP contribution >= 0.6 is 0 Å². The predicted molar refractivity (Wildman–Crippen MR) is 105 cm³/mol. The molecule has 0 aromatic carbocycles. The Morgan fingerprint density at radius 1 is 0.964 bits per heavy atom. The van der Waals surface area contributed by atoms with E-state index in [9.17, 15) is 14.4 Å². The molecule has 8 heteroatoms. The SMILES string of the molecule is CCOC(=O)C=CC1(C)CN(C(=O)OC(C)(C)C)CCN1C(=O)OC(C)(C)C. The number of ether oxygens (including phenoxy) is 3. The molecule has 1 rings (SSSR count). The summed E-state index contributed by atoms with van der Waals surface area (Å²) in [6.45, 7) is 15.2. The third kappa shape index (κ3) is 7.40. The Bertz CT molecular complexity index is 617. The van der Waals surface area contributed by atoms with E-state index >= 15 is 0 Å². The third-order valence-electron chi connectivity index (χ3n) is 3.85. The van der Waals surface area contributed by atoms with Crippen molar-refractivity contribution in [1.82, 2.24) is 9.80 Å². The van der Waals surface area contributed by atoms with Crippen molar-refractivity contribution in [2.24, 2.45) is 0 Å². The van der Waals surface area contributed by atoms with Gasteiger partial charge in [0.05, 0.1) is 18.7 Å². The van der Waals surface area contributed by atoms with Gasteiger partial charge in [-0.15, -0.1) is 0 Å². The molecule has 0 aromatic rings. The number of nitrogens with zero attached hydrogens (tertiary/aromatic N) is 2. The van der Waals surface area contributed by atoms with Crippen LogP contribution in [0.4, 0.5) is 9.59 Å². The minimum atomic E-state index is -0.954. The first kappa shape index (κ1) is 23.8. The Kier molecular flexibility index (Phi) is 7.51. The second-order valence-electron chi connectivity index (χ2n) is 8.98. The van der Waals surface area contributed by atoms with E-state index in [2.05, 4.69) is 0 Å². The molecule has 28 heavy (non-hydrogen) atoms. The quantitative estimate of drug-likeness (QED) is 0.412. The molecule has 0 bridgehead atoms. The first-order valence-corrected chi connectivity index (χ1v) is 9.51. The smallest absolute Gasteiger partial charge is 0.411 e. The van der Waals surface area contributed by atoms with Crippen LogP contribution in [0.1, 0.15) is 55.4 Å². The van der Waals surface area contributed by atoms with Gasteiger partial charge in [0.2, 0.25) is 0 Å². The van der Waals surface area contributed by atoms with Crippen LogP contribution < -0.4 is 0 Å². The fraction of sp³-hybridized carbons (Fsp3) is 0.750. The molecule has 0 radical (unpaired) electrons. The van der Waals surface area contributed by atoms with Crippen molar-refractivity contribution in [3.05, 3.63) is 12.2 Å². The molecule has 0 spiro atoms. The van der Waals surface area contributed by atoms with E-state index in [0.29, 0.717) is 6.54 Å². The lowest BCUT2D eigenvalue weighted by Crippen LogP contribution is -2.63. The minimum absolute atomic E-state index is 0.164. The number of esters is 1. The van der Waals surface area contributed by atoms with Crippen molar-refractivity contribution in [2.45, 2.75) is 72.1 Å². The number of carbonyl (C=O) groups is 3. The van der Waals surface area contributed by atoms with E-state index in [-0.39, 0.29) is 19.7 Å². The molecule has 1 unspecified atom stereocenters. The number of hydrogen-bond donors (Lipinski definition) is 0. The second kappa shape index (κ2) is 8.84. The zero-order valence-corrected chi connectivity index (χ0v) is 18.3. The summed E-state index contributed by atoms with van der Waals surface area (Å²) in [6.07, 6.45) is 1.88. The summed E-state index contributed by atoms with van der Waals surface area (Å²) in [5, 5.41) is 0. The molecule has 8 nitrogen and oxygen atoms in total.